The van der Waals surface area contributed by atoms with Gasteiger partial charge in [0.05, 0.1) is 29.9 Å². The summed E-state index contributed by atoms with van der Waals surface area (Å²) in [6.45, 7) is 1.12. The van der Waals surface area contributed by atoms with E-state index in [1.807, 2.05) is 53.4 Å². The summed E-state index contributed by atoms with van der Waals surface area (Å²) in [5.41, 5.74) is 1.79. The molecular formula is C35H35F3N6O4. The van der Waals surface area contributed by atoms with Gasteiger partial charge in [0.15, 0.2) is 0 Å². The summed E-state index contributed by atoms with van der Waals surface area (Å²) in [5.74, 6) is -6.69. The van der Waals surface area contributed by atoms with Gasteiger partial charge < -0.3 is 9.80 Å². The van der Waals surface area contributed by atoms with Crippen LogP contribution >= 0.6 is 0 Å². The average molecular weight is 661 g/mol. The SMILES string of the molecule is O=C1CCC(N2Cc3cc(C(=O)N4CCC(N5CCN(C(c6ccccc6)c6ccccn6)CC5)C(F)(F)C4)cc(F)c3C2=O)C(=O)N1. The number of rotatable bonds is 6. The van der Waals surface area contributed by atoms with Crippen LogP contribution in [-0.2, 0) is 16.1 Å². The highest BCUT2D eigenvalue weighted by Gasteiger charge is 2.49. The van der Waals surface area contributed by atoms with Crippen LogP contribution < -0.4 is 5.32 Å². The molecule has 7 rings (SSSR count). The zero-order valence-electron chi connectivity index (χ0n) is 26.2. The van der Waals surface area contributed by atoms with Crippen molar-refractivity contribution in [3.8, 4) is 0 Å². The number of amides is 4. The van der Waals surface area contributed by atoms with E-state index < -0.39 is 54.0 Å². The minimum atomic E-state index is -3.20. The molecule has 1 aromatic heterocycles. The molecule has 0 aliphatic carbocycles. The summed E-state index contributed by atoms with van der Waals surface area (Å²) in [6.07, 6.45) is 1.96. The molecular weight excluding hydrogens is 625 g/mol. The molecule has 4 amide bonds. The monoisotopic (exact) mass is 660 g/mol. The number of pyridine rings is 1. The second-order valence-corrected chi connectivity index (χ2v) is 12.8. The molecule has 3 aromatic rings. The van der Waals surface area contributed by atoms with Gasteiger partial charge in [-0.2, -0.15) is 0 Å². The normalized spacial score (nSPS) is 23.9. The number of fused-ring (bicyclic) bond motifs is 1. The largest absolute Gasteiger partial charge is 0.332 e. The molecule has 3 fully saturated rings. The number of nitrogens with one attached hydrogen (secondary N) is 1. The van der Waals surface area contributed by atoms with Gasteiger partial charge in [0, 0.05) is 57.4 Å². The predicted molar refractivity (Wildman–Crippen MR) is 167 cm³/mol. The van der Waals surface area contributed by atoms with Crippen molar-refractivity contribution in [1.29, 1.82) is 0 Å². The molecule has 48 heavy (non-hydrogen) atoms. The van der Waals surface area contributed by atoms with Gasteiger partial charge in [-0.25, -0.2) is 13.2 Å². The molecule has 10 nitrogen and oxygen atoms in total. The van der Waals surface area contributed by atoms with Crippen LogP contribution in [0.25, 0.3) is 0 Å². The lowest BCUT2D eigenvalue weighted by atomic mass is 9.96. The Balaban J connectivity index is 1.01. The Bertz CT molecular complexity index is 1700. The molecule has 0 radical (unpaired) electrons. The first-order valence-electron chi connectivity index (χ1n) is 16.2. The van der Waals surface area contributed by atoms with Gasteiger partial charge in [0.2, 0.25) is 11.8 Å². The first kappa shape index (κ1) is 32.0. The van der Waals surface area contributed by atoms with E-state index >= 15 is 13.2 Å². The molecule has 5 heterocycles. The average Bonchev–Trinajstić information content (AvgIpc) is 3.41. The zero-order chi connectivity index (χ0) is 33.6. The predicted octanol–water partition coefficient (Wildman–Crippen LogP) is 3.24. The van der Waals surface area contributed by atoms with Crippen LogP contribution in [-0.4, -0.2) is 105 Å². The summed E-state index contributed by atoms with van der Waals surface area (Å²) < 4.78 is 46.8. The van der Waals surface area contributed by atoms with Gasteiger partial charge >= 0.3 is 0 Å². The summed E-state index contributed by atoms with van der Waals surface area (Å²) in [7, 11) is 0. The fourth-order valence-electron chi connectivity index (χ4n) is 7.56. The molecule has 4 aliphatic rings. The van der Waals surface area contributed by atoms with E-state index in [0.717, 1.165) is 22.2 Å². The van der Waals surface area contributed by atoms with E-state index in [0.29, 0.717) is 26.2 Å². The lowest BCUT2D eigenvalue weighted by Gasteiger charge is -2.47. The van der Waals surface area contributed by atoms with E-state index in [9.17, 15) is 19.2 Å². The van der Waals surface area contributed by atoms with Crippen LogP contribution in [0.1, 0.15) is 62.8 Å². The Kier molecular flexibility index (Phi) is 8.50. The number of benzene rings is 2. The molecule has 0 saturated carbocycles. The fraction of sp³-hybridized carbons (Fsp3) is 0.400. The lowest BCUT2D eigenvalue weighted by Crippen LogP contribution is -2.62. The fourth-order valence-corrected chi connectivity index (χ4v) is 7.56. The van der Waals surface area contributed by atoms with Crippen molar-refractivity contribution in [3.63, 3.8) is 0 Å². The molecule has 3 unspecified atom stereocenters. The number of aromatic nitrogens is 1. The van der Waals surface area contributed by atoms with E-state index in [4.69, 9.17) is 0 Å². The Labute approximate surface area is 275 Å². The number of nitrogens with zero attached hydrogens (tertiary/aromatic N) is 5. The number of imide groups is 1. The molecule has 3 saturated heterocycles. The van der Waals surface area contributed by atoms with Gasteiger partial charge in [0.1, 0.15) is 11.9 Å². The standard InChI is InChI=1S/C35H35F3N6O4/c36-25-19-23(18-24-20-44(34(48)30(24)25)27-9-10-29(45)40-32(27)46)33(47)43-13-11-28(35(37,38)21-43)41-14-16-42(17-15-41)31(22-6-2-1-3-7-22)26-8-4-5-12-39-26/h1-8,12,18-19,27-28,31H,9-11,13-17,20-21H2,(H,40,45,46). The van der Waals surface area contributed by atoms with Crippen molar-refractivity contribution in [2.45, 2.75) is 49.9 Å². The number of carbonyl (C=O) groups is 4. The van der Waals surface area contributed by atoms with Gasteiger partial charge in [0.25, 0.3) is 17.7 Å². The molecule has 0 bridgehead atoms. The molecule has 3 atom stereocenters. The van der Waals surface area contributed by atoms with E-state index in [2.05, 4.69) is 15.2 Å². The Morgan fingerprint density at radius 2 is 1.69 bits per heavy atom. The van der Waals surface area contributed by atoms with E-state index in [1.54, 1.807) is 6.20 Å². The number of halogens is 3. The summed E-state index contributed by atoms with van der Waals surface area (Å²) in [4.78, 5) is 61.3. The number of carbonyl (C=O) groups excluding carboxylic acids is 4. The third-order valence-corrected chi connectivity index (χ3v) is 9.91. The third-order valence-electron chi connectivity index (χ3n) is 9.91. The highest BCUT2D eigenvalue weighted by molar-refractivity contribution is 6.06. The maximum absolute atomic E-state index is 15.8. The van der Waals surface area contributed by atoms with Crippen LogP contribution in [0.3, 0.4) is 0 Å². The minimum absolute atomic E-state index is 0.0436. The Morgan fingerprint density at radius 3 is 2.38 bits per heavy atom. The van der Waals surface area contributed by atoms with Crippen LogP contribution in [0.5, 0.6) is 0 Å². The quantitative estimate of drug-likeness (QED) is 0.405. The van der Waals surface area contributed by atoms with Crippen molar-refractivity contribution in [3.05, 3.63) is 101 Å². The first-order valence-corrected chi connectivity index (χ1v) is 16.2. The van der Waals surface area contributed by atoms with Crippen LogP contribution in [0.15, 0.2) is 66.9 Å². The summed E-state index contributed by atoms with van der Waals surface area (Å²) in [6, 6.07) is 15.9. The number of piperazine rings is 1. The number of likely N-dealkylation sites (tertiary alicyclic amines) is 1. The van der Waals surface area contributed by atoms with Crippen molar-refractivity contribution in [2.24, 2.45) is 0 Å². The Hall–Kier alpha value is -4.62. The lowest BCUT2D eigenvalue weighted by molar-refractivity contribution is -0.136. The summed E-state index contributed by atoms with van der Waals surface area (Å²) in [5, 5.41) is 2.19. The zero-order valence-corrected chi connectivity index (χ0v) is 26.2. The van der Waals surface area contributed by atoms with Gasteiger partial charge in [-0.3, -0.25) is 39.3 Å². The number of hydrogen-bond donors (Lipinski definition) is 1. The van der Waals surface area contributed by atoms with Gasteiger partial charge in [-0.1, -0.05) is 36.4 Å². The van der Waals surface area contributed by atoms with E-state index in [1.165, 1.54) is 11.0 Å². The topological polar surface area (TPSA) is 106 Å². The maximum Gasteiger partial charge on any atom is 0.280 e. The molecule has 250 valence electrons. The number of hydrogen-bond acceptors (Lipinski definition) is 7. The molecule has 0 spiro atoms. The van der Waals surface area contributed by atoms with Crippen molar-refractivity contribution in [1.82, 2.24) is 29.9 Å². The van der Waals surface area contributed by atoms with Crippen molar-refractivity contribution in [2.75, 3.05) is 39.3 Å². The van der Waals surface area contributed by atoms with E-state index in [-0.39, 0.29) is 55.1 Å². The van der Waals surface area contributed by atoms with Crippen molar-refractivity contribution < 1.29 is 32.3 Å². The van der Waals surface area contributed by atoms with Crippen LogP contribution in [0, 0.1) is 5.82 Å². The maximum atomic E-state index is 15.8. The first-order chi connectivity index (χ1) is 23.1. The molecule has 1 N–H and O–H groups in total. The highest BCUT2D eigenvalue weighted by atomic mass is 19.3. The van der Waals surface area contributed by atoms with Gasteiger partial charge in [-0.15, -0.1) is 0 Å². The molecule has 2 aromatic carbocycles. The summed E-state index contributed by atoms with van der Waals surface area (Å²) >= 11 is 0. The van der Waals surface area contributed by atoms with Crippen LogP contribution in [0.2, 0.25) is 0 Å². The highest BCUT2D eigenvalue weighted by Crippen LogP contribution is 2.36. The Morgan fingerprint density at radius 1 is 0.938 bits per heavy atom. The number of alkyl halides is 2. The molecule has 13 heteroatoms. The minimum Gasteiger partial charge on any atom is -0.332 e. The second-order valence-electron chi connectivity index (χ2n) is 12.8. The molecule has 4 aliphatic heterocycles. The van der Waals surface area contributed by atoms with Gasteiger partial charge in [-0.05, 0) is 48.2 Å². The van der Waals surface area contributed by atoms with Crippen LogP contribution in [0.4, 0.5) is 13.2 Å². The second kappa shape index (κ2) is 12.8. The smallest absolute Gasteiger partial charge is 0.280 e. The number of piperidine rings is 2. The van der Waals surface area contributed by atoms with Crippen molar-refractivity contribution >= 4 is 23.6 Å². The third kappa shape index (κ3) is 5.96.